The van der Waals surface area contributed by atoms with E-state index in [9.17, 15) is 4.79 Å². The summed E-state index contributed by atoms with van der Waals surface area (Å²) < 4.78 is 1.79. The minimum atomic E-state index is 0.0343. The molecular formula is C22H25ClN4OS. The predicted molar refractivity (Wildman–Crippen MR) is 121 cm³/mol. The van der Waals surface area contributed by atoms with Crippen molar-refractivity contribution in [2.75, 3.05) is 25.0 Å². The van der Waals surface area contributed by atoms with Crippen LogP contribution in [0.25, 0.3) is 15.9 Å². The molecule has 0 N–H and O–H groups in total. The molecule has 0 bridgehead atoms. The first-order chi connectivity index (χ1) is 14.0. The van der Waals surface area contributed by atoms with Crippen LogP contribution in [0.4, 0.5) is 5.95 Å². The van der Waals surface area contributed by atoms with Crippen LogP contribution in [0.5, 0.6) is 0 Å². The van der Waals surface area contributed by atoms with Crippen LogP contribution in [0, 0.1) is 0 Å². The fraction of sp³-hybridized carbons (Fsp3) is 0.455. The van der Waals surface area contributed by atoms with Gasteiger partial charge in [0.25, 0.3) is 5.56 Å². The normalized spacial score (nSPS) is 20.2. The number of thiophene rings is 1. The van der Waals surface area contributed by atoms with Crippen molar-refractivity contribution in [1.82, 2.24) is 14.5 Å². The van der Waals surface area contributed by atoms with Gasteiger partial charge >= 0.3 is 0 Å². The molecule has 3 aromatic rings. The van der Waals surface area contributed by atoms with Crippen molar-refractivity contribution in [1.29, 1.82) is 0 Å². The third-order valence-electron chi connectivity index (χ3n) is 6.17. The largest absolute Gasteiger partial charge is 0.339 e. The van der Waals surface area contributed by atoms with Gasteiger partial charge in [0.2, 0.25) is 5.95 Å². The molecule has 0 amide bonds. The number of benzene rings is 1. The zero-order valence-electron chi connectivity index (χ0n) is 16.8. The highest BCUT2D eigenvalue weighted by molar-refractivity contribution is 7.18. The summed E-state index contributed by atoms with van der Waals surface area (Å²) in [5.74, 6) is 0.754. The summed E-state index contributed by atoms with van der Waals surface area (Å²) in [6.07, 6.45) is 4.37. The number of rotatable bonds is 2. The molecule has 5 nitrogen and oxygen atoms in total. The molecule has 7 heteroatoms. The zero-order valence-corrected chi connectivity index (χ0v) is 18.4. The zero-order chi connectivity index (χ0) is 20.1. The Bertz CT molecular complexity index is 1140. The Kier molecular flexibility index (Phi) is 4.88. The van der Waals surface area contributed by atoms with Crippen molar-refractivity contribution in [3.05, 3.63) is 50.1 Å². The Hall–Kier alpha value is -1.89. The maximum absolute atomic E-state index is 13.9. The number of halogens is 1. The molecule has 152 valence electrons. The highest BCUT2D eigenvalue weighted by Gasteiger charge is 2.28. The fourth-order valence-electron chi connectivity index (χ4n) is 4.60. The Morgan fingerprint density at radius 1 is 1.24 bits per heavy atom. The molecule has 2 aliphatic rings. The topological polar surface area (TPSA) is 41.4 Å². The van der Waals surface area contributed by atoms with Crippen molar-refractivity contribution in [3.8, 4) is 5.69 Å². The second-order valence-electron chi connectivity index (χ2n) is 8.24. The van der Waals surface area contributed by atoms with E-state index >= 15 is 0 Å². The number of piperidine rings is 1. The van der Waals surface area contributed by atoms with Gasteiger partial charge < -0.3 is 9.80 Å². The molecule has 0 saturated carbocycles. The van der Waals surface area contributed by atoms with Gasteiger partial charge in [0, 0.05) is 35.6 Å². The second kappa shape index (κ2) is 7.42. The van der Waals surface area contributed by atoms with Gasteiger partial charge in [-0.15, -0.1) is 11.3 Å². The van der Waals surface area contributed by atoms with Gasteiger partial charge in [-0.1, -0.05) is 17.7 Å². The molecule has 2 aliphatic heterocycles. The van der Waals surface area contributed by atoms with Crippen LogP contribution in [0.3, 0.4) is 0 Å². The van der Waals surface area contributed by atoms with E-state index < -0.39 is 0 Å². The molecule has 1 fully saturated rings. The van der Waals surface area contributed by atoms with Crippen LogP contribution in [-0.2, 0) is 13.0 Å². The van der Waals surface area contributed by atoms with E-state index in [0.717, 1.165) is 60.7 Å². The van der Waals surface area contributed by atoms with Crippen LogP contribution >= 0.6 is 22.9 Å². The SMILES string of the molecule is C[C@H]1CCCCN1c1nc2sc3c(c2c(=O)n1-c1cccc(Cl)c1)CCN(C)C3. The van der Waals surface area contributed by atoms with Gasteiger partial charge in [0.05, 0.1) is 11.1 Å². The van der Waals surface area contributed by atoms with Crippen molar-refractivity contribution >= 4 is 39.1 Å². The van der Waals surface area contributed by atoms with E-state index in [1.807, 2.05) is 24.3 Å². The van der Waals surface area contributed by atoms with Gasteiger partial charge in [-0.3, -0.25) is 4.79 Å². The minimum Gasteiger partial charge on any atom is -0.339 e. The van der Waals surface area contributed by atoms with E-state index in [1.165, 1.54) is 16.9 Å². The average Bonchev–Trinajstić information content (AvgIpc) is 3.05. The number of hydrogen-bond acceptors (Lipinski definition) is 5. The van der Waals surface area contributed by atoms with Crippen molar-refractivity contribution in [2.24, 2.45) is 0 Å². The molecule has 1 aromatic carbocycles. The van der Waals surface area contributed by atoms with E-state index in [1.54, 1.807) is 15.9 Å². The summed E-state index contributed by atoms with van der Waals surface area (Å²) in [6.45, 7) is 5.02. The van der Waals surface area contributed by atoms with Crippen LogP contribution in [0.15, 0.2) is 29.1 Å². The number of hydrogen-bond donors (Lipinski definition) is 0. The molecule has 0 aliphatic carbocycles. The van der Waals surface area contributed by atoms with Crippen molar-refractivity contribution in [3.63, 3.8) is 0 Å². The highest BCUT2D eigenvalue weighted by Crippen LogP contribution is 2.35. The van der Waals surface area contributed by atoms with Crippen molar-refractivity contribution in [2.45, 2.75) is 45.2 Å². The monoisotopic (exact) mass is 428 g/mol. The Morgan fingerprint density at radius 3 is 2.90 bits per heavy atom. The summed E-state index contributed by atoms with van der Waals surface area (Å²) in [4.78, 5) is 25.7. The molecular weight excluding hydrogens is 404 g/mol. The summed E-state index contributed by atoms with van der Waals surface area (Å²) in [5.41, 5.74) is 2.01. The lowest BCUT2D eigenvalue weighted by molar-refractivity contribution is 0.318. The summed E-state index contributed by atoms with van der Waals surface area (Å²) >= 11 is 7.97. The van der Waals surface area contributed by atoms with Crippen LogP contribution in [-0.4, -0.2) is 40.6 Å². The molecule has 0 radical (unpaired) electrons. The molecule has 0 spiro atoms. The first-order valence-electron chi connectivity index (χ1n) is 10.3. The minimum absolute atomic E-state index is 0.0343. The van der Waals surface area contributed by atoms with Crippen molar-refractivity contribution < 1.29 is 0 Å². The molecule has 29 heavy (non-hydrogen) atoms. The van der Waals surface area contributed by atoms with Crippen LogP contribution < -0.4 is 10.5 Å². The third-order valence-corrected chi connectivity index (χ3v) is 7.52. The Labute approximate surface area is 179 Å². The smallest absolute Gasteiger partial charge is 0.268 e. The first kappa shape index (κ1) is 19.1. The summed E-state index contributed by atoms with van der Waals surface area (Å²) in [7, 11) is 2.13. The lowest BCUT2D eigenvalue weighted by Gasteiger charge is -2.35. The number of fused-ring (bicyclic) bond motifs is 3. The molecule has 4 heterocycles. The summed E-state index contributed by atoms with van der Waals surface area (Å²) in [6, 6.07) is 7.91. The van der Waals surface area contributed by atoms with Gasteiger partial charge in [0.15, 0.2) is 0 Å². The molecule has 1 atom stereocenters. The number of aromatic nitrogens is 2. The summed E-state index contributed by atoms with van der Waals surface area (Å²) in [5, 5.41) is 1.42. The Balaban J connectivity index is 1.80. The molecule has 0 unspecified atom stereocenters. The van der Waals surface area contributed by atoms with Gasteiger partial charge in [-0.25, -0.2) is 9.55 Å². The predicted octanol–water partition coefficient (Wildman–Crippen LogP) is 4.47. The molecule has 1 saturated heterocycles. The maximum Gasteiger partial charge on any atom is 0.268 e. The highest BCUT2D eigenvalue weighted by atomic mass is 35.5. The first-order valence-corrected chi connectivity index (χ1v) is 11.5. The average molecular weight is 429 g/mol. The van der Waals surface area contributed by atoms with Gasteiger partial charge in [0.1, 0.15) is 4.83 Å². The van der Waals surface area contributed by atoms with E-state index in [0.29, 0.717) is 11.1 Å². The molecule has 2 aromatic heterocycles. The molecule has 5 rings (SSSR count). The second-order valence-corrected chi connectivity index (χ2v) is 9.76. The van der Waals surface area contributed by atoms with Gasteiger partial charge in [-0.2, -0.15) is 0 Å². The third kappa shape index (κ3) is 3.27. The number of likely N-dealkylation sites (N-methyl/N-ethyl adjacent to an activating group) is 1. The fourth-order valence-corrected chi connectivity index (χ4v) is 6.07. The lowest BCUT2D eigenvalue weighted by atomic mass is 10.0. The van der Waals surface area contributed by atoms with E-state index in [2.05, 4.69) is 23.8 Å². The van der Waals surface area contributed by atoms with E-state index in [-0.39, 0.29) is 5.56 Å². The number of nitrogens with zero attached hydrogens (tertiary/aromatic N) is 4. The maximum atomic E-state index is 13.9. The standard InChI is InChI=1S/C22H25ClN4OS/c1-14-6-3-4-10-26(14)22-24-20-19(17-9-11-25(2)13-18(17)29-20)21(28)27(22)16-8-5-7-15(23)12-16/h5,7-8,12,14H,3-4,6,9-11,13H2,1-2H3/t14-/m0/s1. The van der Waals surface area contributed by atoms with Crippen LogP contribution in [0.1, 0.15) is 36.6 Å². The number of anilines is 1. The van der Waals surface area contributed by atoms with E-state index in [4.69, 9.17) is 16.6 Å². The van der Waals surface area contributed by atoms with Crippen LogP contribution in [0.2, 0.25) is 5.02 Å². The lowest BCUT2D eigenvalue weighted by Crippen LogP contribution is -2.41. The Morgan fingerprint density at radius 2 is 2.10 bits per heavy atom. The quantitative estimate of drug-likeness (QED) is 0.604. The van der Waals surface area contributed by atoms with Gasteiger partial charge in [-0.05, 0) is 63.4 Å².